The van der Waals surface area contributed by atoms with Crippen LogP contribution >= 0.6 is 22.6 Å². The van der Waals surface area contributed by atoms with Gasteiger partial charge >= 0.3 is 0 Å². The molecule has 11 heavy (non-hydrogen) atoms. The molecule has 0 aromatic heterocycles. The molecule has 0 saturated heterocycles. The first-order chi connectivity index (χ1) is 5.25. The first-order valence-electron chi connectivity index (χ1n) is 3.55. The van der Waals surface area contributed by atoms with Crippen molar-refractivity contribution in [3.63, 3.8) is 0 Å². The molecule has 0 spiro atoms. The minimum absolute atomic E-state index is 0.349. The van der Waals surface area contributed by atoms with Crippen LogP contribution in [0.1, 0.15) is 11.1 Å². The molecule has 0 saturated carbocycles. The lowest BCUT2D eigenvalue weighted by Crippen LogP contribution is -1.92. The summed E-state index contributed by atoms with van der Waals surface area (Å²) >= 11 is 2.27. The van der Waals surface area contributed by atoms with Gasteiger partial charge < -0.3 is 0 Å². The number of hydrogen-bond acceptors (Lipinski definition) is 1. The summed E-state index contributed by atoms with van der Waals surface area (Å²) < 4.78 is 1.22. The van der Waals surface area contributed by atoms with Gasteiger partial charge in [0.05, 0.1) is 0 Å². The van der Waals surface area contributed by atoms with Crippen molar-refractivity contribution in [2.24, 2.45) is 0 Å². The van der Waals surface area contributed by atoms with Gasteiger partial charge in [0.15, 0.2) is 0 Å². The molecule has 1 nitrogen and oxygen atoms in total. The summed E-state index contributed by atoms with van der Waals surface area (Å²) in [5, 5.41) is 0. The molecule has 1 aromatic rings. The van der Waals surface area contributed by atoms with Crippen molar-refractivity contribution in [1.82, 2.24) is 0 Å². The smallest absolute Gasteiger partial charge is 0.141 e. The fraction of sp³-hybridized carbons (Fsp3) is 0.222. The SMILES string of the molecule is O=C1Cc2ccc(I)cc2C1. The zero-order valence-electron chi connectivity index (χ0n) is 5.93. The van der Waals surface area contributed by atoms with E-state index >= 15 is 0 Å². The Hall–Kier alpha value is -0.380. The van der Waals surface area contributed by atoms with E-state index in [2.05, 4.69) is 40.8 Å². The lowest BCUT2D eigenvalue weighted by Gasteiger charge is -1.96. The Morgan fingerprint density at radius 3 is 2.73 bits per heavy atom. The predicted octanol–water partition coefficient (Wildman–Crippen LogP) is 1.96. The van der Waals surface area contributed by atoms with Crippen molar-refractivity contribution in [2.75, 3.05) is 0 Å². The van der Waals surface area contributed by atoms with Crippen LogP contribution in [-0.2, 0) is 17.6 Å². The molecule has 0 N–H and O–H groups in total. The Morgan fingerprint density at radius 2 is 1.91 bits per heavy atom. The molecule has 0 radical (unpaired) electrons. The summed E-state index contributed by atoms with van der Waals surface area (Å²) in [6.45, 7) is 0. The molecule has 1 aliphatic rings. The van der Waals surface area contributed by atoms with Crippen LogP contribution in [0.15, 0.2) is 18.2 Å². The molecule has 0 fully saturated rings. The maximum atomic E-state index is 11.0. The van der Waals surface area contributed by atoms with Crippen molar-refractivity contribution < 1.29 is 4.79 Å². The number of Topliss-reactive ketones (excluding diaryl/α,β-unsaturated/α-hetero) is 1. The average Bonchev–Trinajstić information content (AvgIpc) is 2.27. The van der Waals surface area contributed by atoms with E-state index in [0.717, 1.165) is 0 Å². The molecule has 1 aliphatic carbocycles. The monoisotopic (exact) mass is 258 g/mol. The highest BCUT2D eigenvalue weighted by atomic mass is 127. The molecule has 0 atom stereocenters. The number of carbonyl (C=O) groups is 1. The second kappa shape index (κ2) is 2.59. The topological polar surface area (TPSA) is 17.1 Å². The highest BCUT2D eigenvalue weighted by molar-refractivity contribution is 14.1. The van der Waals surface area contributed by atoms with Crippen LogP contribution in [0.25, 0.3) is 0 Å². The van der Waals surface area contributed by atoms with Gasteiger partial charge in [-0.25, -0.2) is 0 Å². The van der Waals surface area contributed by atoms with Crippen molar-refractivity contribution in [1.29, 1.82) is 0 Å². The van der Waals surface area contributed by atoms with E-state index in [4.69, 9.17) is 0 Å². The third-order valence-corrected chi connectivity index (χ3v) is 2.61. The van der Waals surface area contributed by atoms with E-state index in [1.807, 2.05) is 0 Å². The van der Waals surface area contributed by atoms with Gasteiger partial charge in [-0.3, -0.25) is 4.79 Å². The molecule has 2 heteroatoms. The number of hydrogen-bond donors (Lipinski definition) is 0. The maximum absolute atomic E-state index is 11.0. The highest BCUT2D eigenvalue weighted by Crippen LogP contribution is 2.21. The van der Waals surface area contributed by atoms with Gasteiger partial charge in [-0.15, -0.1) is 0 Å². The van der Waals surface area contributed by atoms with Crippen molar-refractivity contribution in [3.05, 3.63) is 32.9 Å². The molecule has 0 unspecified atom stereocenters. The van der Waals surface area contributed by atoms with Crippen LogP contribution in [0, 0.1) is 3.57 Å². The lowest BCUT2D eigenvalue weighted by molar-refractivity contribution is -0.117. The minimum atomic E-state index is 0.349. The van der Waals surface area contributed by atoms with Crippen LogP contribution in [0.5, 0.6) is 0 Å². The largest absolute Gasteiger partial charge is 0.299 e. The van der Waals surface area contributed by atoms with Crippen molar-refractivity contribution >= 4 is 28.4 Å². The highest BCUT2D eigenvalue weighted by Gasteiger charge is 2.17. The Labute approximate surface area is 78.9 Å². The van der Waals surface area contributed by atoms with Gasteiger partial charge in [0.1, 0.15) is 5.78 Å². The number of benzene rings is 1. The van der Waals surface area contributed by atoms with Crippen LogP contribution in [-0.4, -0.2) is 5.78 Å². The summed E-state index contributed by atoms with van der Waals surface area (Å²) in [6, 6.07) is 6.21. The molecule has 0 amide bonds. The van der Waals surface area contributed by atoms with E-state index in [9.17, 15) is 4.79 Å². The fourth-order valence-corrected chi connectivity index (χ4v) is 1.97. The molecule has 0 aliphatic heterocycles. The van der Waals surface area contributed by atoms with E-state index in [0.29, 0.717) is 18.6 Å². The predicted molar refractivity (Wildman–Crippen MR) is 51.6 cm³/mol. The van der Waals surface area contributed by atoms with Gasteiger partial charge in [-0.05, 0) is 45.9 Å². The van der Waals surface area contributed by atoms with E-state index in [-0.39, 0.29) is 0 Å². The van der Waals surface area contributed by atoms with Crippen LogP contribution in [0.4, 0.5) is 0 Å². The van der Waals surface area contributed by atoms with Gasteiger partial charge in [-0.2, -0.15) is 0 Å². The van der Waals surface area contributed by atoms with E-state index in [1.54, 1.807) is 0 Å². The van der Waals surface area contributed by atoms with Crippen LogP contribution in [0.2, 0.25) is 0 Å². The van der Waals surface area contributed by atoms with E-state index < -0.39 is 0 Å². The lowest BCUT2D eigenvalue weighted by atomic mass is 10.1. The standard InChI is InChI=1S/C9H7IO/c10-8-2-1-6-4-9(11)5-7(6)3-8/h1-3H,4-5H2. The Bertz CT molecular complexity index is 317. The van der Waals surface area contributed by atoms with Gasteiger partial charge in [0, 0.05) is 16.4 Å². The molecule has 0 heterocycles. The molecule has 0 bridgehead atoms. The molecule has 56 valence electrons. The zero-order valence-corrected chi connectivity index (χ0v) is 8.09. The quantitative estimate of drug-likeness (QED) is 0.650. The summed E-state index contributed by atoms with van der Waals surface area (Å²) in [7, 11) is 0. The first kappa shape index (κ1) is 7.28. The van der Waals surface area contributed by atoms with Crippen molar-refractivity contribution in [2.45, 2.75) is 12.8 Å². The van der Waals surface area contributed by atoms with Crippen molar-refractivity contribution in [3.8, 4) is 0 Å². The molecule has 2 rings (SSSR count). The average molecular weight is 258 g/mol. The number of halogens is 1. The number of carbonyl (C=O) groups excluding carboxylic acids is 1. The summed E-state index contributed by atoms with van der Waals surface area (Å²) in [6.07, 6.45) is 1.29. The third-order valence-electron chi connectivity index (χ3n) is 1.94. The van der Waals surface area contributed by atoms with Gasteiger partial charge in [-0.1, -0.05) is 6.07 Å². The second-order valence-corrected chi connectivity index (χ2v) is 4.05. The first-order valence-corrected chi connectivity index (χ1v) is 4.62. The fourth-order valence-electron chi connectivity index (χ4n) is 1.42. The molecular formula is C9H7IO. The van der Waals surface area contributed by atoms with Gasteiger partial charge in [0.2, 0.25) is 0 Å². The Balaban J connectivity index is 2.51. The summed E-state index contributed by atoms with van der Waals surface area (Å²) in [5.41, 5.74) is 2.44. The number of fused-ring (bicyclic) bond motifs is 1. The Kier molecular flexibility index (Phi) is 1.71. The summed E-state index contributed by atoms with van der Waals surface area (Å²) in [4.78, 5) is 11.0. The van der Waals surface area contributed by atoms with Crippen LogP contribution < -0.4 is 0 Å². The normalized spacial score (nSPS) is 15.2. The molecule has 1 aromatic carbocycles. The van der Waals surface area contributed by atoms with Gasteiger partial charge in [0.25, 0.3) is 0 Å². The third kappa shape index (κ3) is 1.31. The van der Waals surface area contributed by atoms with E-state index in [1.165, 1.54) is 14.7 Å². The zero-order chi connectivity index (χ0) is 7.84. The van der Waals surface area contributed by atoms with Crippen LogP contribution in [0.3, 0.4) is 0 Å². The molecular weight excluding hydrogens is 251 g/mol. The summed E-state index contributed by atoms with van der Waals surface area (Å²) in [5.74, 6) is 0.349. The number of rotatable bonds is 0. The second-order valence-electron chi connectivity index (χ2n) is 2.81. The number of ketones is 1. The Morgan fingerprint density at radius 1 is 1.18 bits per heavy atom. The maximum Gasteiger partial charge on any atom is 0.141 e. The minimum Gasteiger partial charge on any atom is -0.299 e.